The first-order chi connectivity index (χ1) is 6.25. The van der Waals surface area contributed by atoms with Crippen molar-refractivity contribution in [2.75, 3.05) is 13.2 Å². The molecule has 0 spiro atoms. The second-order valence-electron chi connectivity index (χ2n) is 5.15. The van der Waals surface area contributed by atoms with Crippen molar-refractivity contribution in [3.63, 3.8) is 0 Å². The Morgan fingerprint density at radius 1 is 1.29 bits per heavy atom. The smallest absolute Gasteiger partial charge is 0.311 e. The van der Waals surface area contributed by atoms with Crippen molar-refractivity contribution in [3.05, 3.63) is 0 Å². The molecule has 0 aliphatic heterocycles. The normalized spacial score (nSPS) is 12.7. The third-order valence-electron chi connectivity index (χ3n) is 2.30. The molecule has 0 aliphatic rings. The molecule has 0 bridgehead atoms. The number of esters is 1. The Balaban J connectivity index is 4.40. The van der Waals surface area contributed by atoms with Gasteiger partial charge in [0.1, 0.15) is 0 Å². The van der Waals surface area contributed by atoms with E-state index in [9.17, 15) is 4.79 Å². The van der Waals surface area contributed by atoms with Gasteiger partial charge in [0.15, 0.2) is 0 Å². The van der Waals surface area contributed by atoms with E-state index in [0.717, 1.165) is 6.42 Å². The van der Waals surface area contributed by atoms with Crippen molar-refractivity contribution in [1.82, 2.24) is 0 Å². The summed E-state index contributed by atoms with van der Waals surface area (Å²) < 4.78 is 5.02. The lowest BCUT2D eigenvalue weighted by molar-refractivity contribution is -0.155. The molecule has 0 aliphatic carbocycles. The number of hydrogen-bond donors (Lipinski definition) is 1. The van der Waals surface area contributed by atoms with Crippen LogP contribution in [0.25, 0.3) is 0 Å². The zero-order chi connectivity index (χ0) is 11.4. The highest BCUT2D eigenvalue weighted by molar-refractivity contribution is 5.75. The highest BCUT2D eigenvalue weighted by Crippen LogP contribution is 2.33. The second-order valence-corrected chi connectivity index (χ2v) is 5.15. The number of nitrogens with two attached hydrogens (primary N) is 1. The van der Waals surface area contributed by atoms with Crippen LogP contribution in [-0.4, -0.2) is 19.1 Å². The van der Waals surface area contributed by atoms with Gasteiger partial charge in [-0.25, -0.2) is 0 Å². The lowest BCUT2D eigenvalue weighted by Crippen LogP contribution is -2.35. The summed E-state index contributed by atoms with van der Waals surface area (Å²) in [6.07, 6.45) is 0.745. The molecule has 84 valence electrons. The van der Waals surface area contributed by atoms with E-state index in [1.807, 2.05) is 20.8 Å². The zero-order valence-corrected chi connectivity index (χ0v) is 10.0. The first-order valence-corrected chi connectivity index (χ1v) is 5.12. The van der Waals surface area contributed by atoms with E-state index < -0.39 is 5.41 Å². The Hall–Kier alpha value is -0.570. The van der Waals surface area contributed by atoms with E-state index in [1.165, 1.54) is 0 Å². The molecule has 0 rings (SSSR count). The fourth-order valence-electron chi connectivity index (χ4n) is 1.67. The summed E-state index contributed by atoms with van der Waals surface area (Å²) in [4.78, 5) is 11.6. The molecule has 0 amide bonds. The van der Waals surface area contributed by atoms with Gasteiger partial charge in [-0.05, 0) is 39.2 Å². The largest absolute Gasteiger partial charge is 0.466 e. The molecule has 2 N–H and O–H groups in total. The number of hydrogen-bond acceptors (Lipinski definition) is 3. The summed E-state index contributed by atoms with van der Waals surface area (Å²) in [6.45, 7) is 10.8. The van der Waals surface area contributed by atoms with Crippen LogP contribution < -0.4 is 5.73 Å². The van der Waals surface area contributed by atoms with Crippen molar-refractivity contribution in [2.24, 2.45) is 16.6 Å². The highest BCUT2D eigenvalue weighted by atomic mass is 16.5. The topological polar surface area (TPSA) is 52.3 Å². The number of rotatable bonds is 5. The Kier molecular flexibility index (Phi) is 4.59. The van der Waals surface area contributed by atoms with E-state index in [1.54, 1.807) is 0 Å². The van der Waals surface area contributed by atoms with Crippen LogP contribution in [0.5, 0.6) is 0 Å². The molecule has 0 radical (unpaired) electrons. The average Bonchev–Trinajstić information content (AvgIpc) is 2.03. The number of carbonyl (C=O) groups is 1. The van der Waals surface area contributed by atoms with Crippen LogP contribution >= 0.6 is 0 Å². The predicted molar refractivity (Wildman–Crippen MR) is 57.9 cm³/mol. The van der Waals surface area contributed by atoms with Gasteiger partial charge in [0, 0.05) is 0 Å². The highest BCUT2D eigenvalue weighted by Gasteiger charge is 2.35. The van der Waals surface area contributed by atoms with Crippen molar-refractivity contribution in [1.29, 1.82) is 0 Å². The molecule has 0 unspecified atom stereocenters. The maximum absolute atomic E-state index is 11.6. The van der Waals surface area contributed by atoms with Gasteiger partial charge in [-0.2, -0.15) is 0 Å². The summed E-state index contributed by atoms with van der Waals surface area (Å²) in [5.41, 5.74) is 5.17. The summed E-state index contributed by atoms with van der Waals surface area (Å²) in [5, 5.41) is 0. The third kappa shape index (κ3) is 4.09. The Bertz CT molecular complexity index is 197. The second kappa shape index (κ2) is 4.78. The summed E-state index contributed by atoms with van der Waals surface area (Å²) in [6, 6.07) is 0. The van der Waals surface area contributed by atoms with Gasteiger partial charge in [0.05, 0.1) is 12.0 Å². The van der Waals surface area contributed by atoms with E-state index in [4.69, 9.17) is 10.5 Å². The number of carbonyl (C=O) groups excluding carboxylic acids is 1. The molecule has 0 saturated heterocycles. The SMILES string of the molecule is CCOC(=O)C(C)(C)CC(C)(C)CN. The molecule has 14 heavy (non-hydrogen) atoms. The quantitative estimate of drug-likeness (QED) is 0.692. The maximum atomic E-state index is 11.6. The van der Waals surface area contributed by atoms with Crippen LogP contribution in [-0.2, 0) is 9.53 Å². The maximum Gasteiger partial charge on any atom is 0.311 e. The van der Waals surface area contributed by atoms with Crippen LogP contribution in [0.4, 0.5) is 0 Å². The molecular weight excluding hydrogens is 178 g/mol. The molecule has 3 nitrogen and oxygen atoms in total. The monoisotopic (exact) mass is 201 g/mol. The van der Waals surface area contributed by atoms with Crippen LogP contribution in [0.15, 0.2) is 0 Å². The van der Waals surface area contributed by atoms with Gasteiger partial charge in [-0.3, -0.25) is 4.79 Å². The van der Waals surface area contributed by atoms with E-state index in [-0.39, 0.29) is 11.4 Å². The Morgan fingerprint density at radius 2 is 1.79 bits per heavy atom. The minimum Gasteiger partial charge on any atom is -0.466 e. The van der Waals surface area contributed by atoms with Crippen LogP contribution in [0.3, 0.4) is 0 Å². The summed E-state index contributed by atoms with van der Waals surface area (Å²) in [5.74, 6) is -0.137. The molecule has 0 fully saturated rings. The van der Waals surface area contributed by atoms with Crippen molar-refractivity contribution < 1.29 is 9.53 Å². The fraction of sp³-hybridized carbons (Fsp3) is 0.909. The third-order valence-corrected chi connectivity index (χ3v) is 2.30. The van der Waals surface area contributed by atoms with Gasteiger partial charge in [-0.1, -0.05) is 13.8 Å². The Labute approximate surface area is 87.0 Å². The van der Waals surface area contributed by atoms with Crippen molar-refractivity contribution in [2.45, 2.75) is 41.0 Å². The molecular formula is C11H23NO2. The standard InChI is InChI=1S/C11H23NO2/c1-6-14-9(13)11(4,5)7-10(2,3)8-12/h6-8,12H2,1-5H3. The van der Waals surface area contributed by atoms with Gasteiger partial charge in [-0.15, -0.1) is 0 Å². The molecule has 0 heterocycles. The van der Waals surface area contributed by atoms with Crippen LogP contribution in [0, 0.1) is 10.8 Å². The van der Waals surface area contributed by atoms with Gasteiger partial charge < -0.3 is 10.5 Å². The molecule has 0 aromatic heterocycles. The summed E-state index contributed by atoms with van der Waals surface area (Å²) in [7, 11) is 0. The zero-order valence-electron chi connectivity index (χ0n) is 10.0. The lowest BCUT2D eigenvalue weighted by atomic mass is 9.75. The van der Waals surface area contributed by atoms with E-state index >= 15 is 0 Å². The van der Waals surface area contributed by atoms with E-state index in [2.05, 4.69) is 13.8 Å². The molecule has 0 aromatic rings. The van der Waals surface area contributed by atoms with Gasteiger partial charge >= 0.3 is 5.97 Å². The predicted octanol–water partition coefficient (Wildman–Crippen LogP) is 1.95. The van der Waals surface area contributed by atoms with Crippen LogP contribution in [0.2, 0.25) is 0 Å². The number of ether oxygens (including phenoxy) is 1. The van der Waals surface area contributed by atoms with Crippen molar-refractivity contribution in [3.8, 4) is 0 Å². The lowest BCUT2D eigenvalue weighted by Gasteiger charge is -2.32. The van der Waals surface area contributed by atoms with Gasteiger partial charge in [0.2, 0.25) is 0 Å². The van der Waals surface area contributed by atoms with E-state index in [0.29, 0.717) is 13.2 Å². The molecule has 3 heteroatoms. The fourth-order valence-corrected chi connectivity index (χ4v) is 1.67. The molecule has 0 aromatic carbocycles. The molecule has 0 atom stereocenters. The Morgan fingerprint density at radius 3 is 2.14 bits per heavy atom. The average molecular weight is 201 g/mol. The molecule has 0 saturated carbocycles. The van der Waals surface area contributed by atoms with Gasteiger partial charge in [0.25, 0.3) is 0 Å². The van der Waals surface area contributed by atoms with Crippen LogP contribution in [0.1, 0.15) is 41.0 Å². The minimum absolute atomic E-state index is 0.0176. The first-order valence-electron chi connectivity index (χ1n) is 5.12. The first kappa shape index (κ1) is 13.4. The minimum atomic E-state index is -0.446. The summed E-state index contributed by atoms with van der Waals surface area (Å²) >= 11 is 0. The van der Waals surface area contributed by atoms with Crippen molar-refractivity contribution >= 4 is 5.97 Å².